The van der Waals surface area contributed by atoms with Gasteiger partial charge in [-0.25, -0.2) is 4.79 Å². The Kier molecular flexibility index (Phi) is 4.92. The first-order valence-corrected chi connectivity index (χ1v) is 9.07. The Morgan fingerprint density at radius 2 is 1.74 bits per heavy atom. The topological polar surface area (TPSA) is 123 Å². The van der Waals surface area contributed by atoms with Crippen LogP contribution in [0.4, 0.5) is 0 Å². The van der Waals surface area contributed by atoms with Crippen molar-refractivity contribution in [3.05, 3.63) is 81.7 Å². The van der Waals surface area contributed by atoms with E-state index < -0.39 is 34.9 Å². The minimum absolute atomic E-state index is 0.142. The van der Waals surface area contributed by atoms with Gasteiger partial charge in [0, 0.05) is 17.9 Å². The summed E-state index contributed by atoms with van der Waals surface area (Å²) in [5.41, 5.74) is 1.00. The zero-order valence-electron chi connectivity index (χ0n) is 16.1. The number of fused-ring (bicyclic) bond motifs is 1. The summed E-state index contributed by atoms with van der Waals surface area (Å²) >= 11 is 0. The quantitative estimate of drug-likeness (QED) is 0.172. The van der Waals surface area contributed by atoms with E-state index in [2.05, 4.69) is 5.43 Å². The van der Waals surface area contributed by atoms with Gasteiger partial charge in [-0.05, 0) is 24.3 Å². The van der Waals surface area contributed by atoms with Gasteiger partial charge in [0.1, 0.15) is 22.5 Å². The first-order valence-electron chi connectivity index (χ1n) is 9.07. The summed E-state index contributed by atoms with van der Waals surface area (Å²) in [5, 5.41) is 0.929. The highest BCUT2D eigenvalue weighted by Crippen LogP contribution is 2.24. The number of para-hydroxylation sites is 2. The van der Waals surface area contributed by atoms with Gasteiger partial charge in [-0.3, -0.25) is 24.6 Å². The van der Waals surface area contributed by atoms with Gasteiger partial charge < -0.3 is 9.15 Å². The van der Waals surface area contributed by atoms with E-state index in [0.29, 0.717) is 10.4 Å². The molecule has 1 aliphatic heterocycles. The second-order valence-electron chi connectivity index (χ2n) is 6.56. The van der Waals surface area contributed by atoms with E-state index in [0.717, 1.165) is 0 Å². The van der Waals surface area contributed by atoms with Gasteiger partial charge >= 0.3 is 11.6 Å². The third-order valence-corrected chi connectivity index (χ3v) is 4.44. The average Bonchev–Trinajstić information content (AvgIpc) is 3.02. The van der Waals surface area contributed by atoms with Gasteiger partial charge in [0.05, 0.1) is 0 Å². The molecule has 2 aromatic carbocycles. The van der Waals surface area contributed by atoms with Crippen molar-refractivity contribution in [2.45, 2.75) is 6.92 Å². The van der Waals surface area contributed by atoms with Gasteiger partial charge in [-0.2, -0.15) is 5.01 Å². The van der Waals surface area contributed by atoms with Crippen LogP contribution in [0.25, 0.3) is 17.0 Å². The third-order valence-electron chi connectivity index (χ3n) is 4.44. The number of nitrogens with one attached hydrogen (secondary N) is 1. The van der Waals surface area contributed by atoms with E-state index in [1.165, 1.54) is 31.2 Å². The van der Waals surface area contributed by atoms with E-state index >= 15 is 0 Å². The number of amides is 3. The molecule has 0 radical (unpaired) electrons. The second-order valence-corrected chi connectivity index (χ2v) is 6.56. The third kappa shape index (κ3) is 3.71. The molecule has 154 valence electrons. The molecule has 4 rings (SSSR count). The molecule has 0 unspecified atom stereocenters. The number of esters is 1. The predicted octanol–water partition coefficient (Wildman–Crippen LogP) is 1.82. The molecule has 3 aromatic rings. The lowest BCUT2D eigenvalue weighted by atomic mass is 10.1. The number of ether oxygens (including phenoxy) is 1. The Bertz CT molecular complexity index is 1350. The molecule has 9 nitrogen and oxygen atoms in total. The number of hydrazine groups is 1. The molecule has 0 saturated carbocycles. The number of carbonyl (C=O) groups excluding carboxylic acids is 4. The minimum Gasteiger partial charge on any atom is -0.426 e. The van der Waals surface area contributed by atoms with Crippen LogP contribution in [0.1, 0.15) is 22.8 Å². The van der Waals surface area contributed by atoms with Crippen molar-refractivity contribution in [1.29, 1.82) is 0 Å². The molecule has 0 aliphatic carbocycles. The van der Waals surface area contributed by atoms with Crippen LogP contribution in [0.3, 0.4) is 0 Å². The van der Waals surface area contributed by atoms with Crippen LogP contribution in [0, 0.1) is 0 Å². The smallest absolute Gasteiger partial charge is 0.349 e. The largest absolute Gasteiger partial charge is 0.426 e. The Morgan fingerprint density at radius 1 is 1.03 bits per heavy atom. The zero-order chi connectivity index (χ0) is 22.1. The molecule has 9 heteroatoms. The van der Waals surface area contributed by atoms with Crippen molar-refractivity contribution >= 4 is 40.7 Å². The normalized spacial score (nSPS) is 14.7. The minimum atomic E-state index is -1.03. The SMILES string of the molecule is CC(=O)Oc1ccccc1C=C1C(=O)NN(C(=O)c2cc3ccccc3oc2=O)C1=O. The summed E-state index contributed by atoms with van der Waals surface area (Å²) in [4.78, 5) is 61.4. The fourth-order valence-corrected chi connectivity index (χ4v) is 3.03. The lowest BCUT2D eigenvalue weighted by Crippen LogP contribution is -2.42. The Morgan fingerprint density at radius 3 is 2.52 bits per heavy atom. The summed E-state index contributed by atoms with van der Waals surface area (Å²) in [6.07, 6.45) is 1.20. The van der Waals surface area contributed by atoms with E-state index in [1.807, 2.05) is 0 Å². The summed E-state index contributed by atoms with van der Waals surface area (Å²) in [5.74, 6) is -3.27. The van der Waals surface area contributed by atoms with Gasteiger partial charge in [0.2, 0.25) is 0 Å². The molecule has 1 aromatic heterocycles. The van der Waals surface area contributed by atoms with Crippen molar-refractivity contribution < 1.29 is 28.3 Å². The van der Waals surface area contributed by atoms with Crippen molar-refractivity contribution in [2.24, 2.45) is 0 Å². The van der Waals surface area contributed by atoms with Gasteiger partial charge in [-0.15, -0.1) is 0 Å². The molecule has 1 fully saturated rings. The average molecular weight is 418 g/mol. The molecule has 0 bridgehead atoms. The molecular weight excluding hydrogens is 404 g/mol. The first kappa shape index (κ1) is 19.8. The zero-order valence-corrected chi connectivity index (χ0v) is 16.1. The highest BCUT2D eigenvalue weighted by molar-refractivity contribution is 6.30. The van der Waals surface area contributed by atoms with Crippen molar-refractivity contribution in [1.82, 2.24) is 10.4 Å². The van der Waals surface area contributed by atoms with Crippen LogP contribution < -0.4 is 15.8 Å². The van der Waals surface area contributed by atoms with E-state index in [4.69, 9.17) is 9.15 Å². The van der Waals surface area contributed by atoms with Crippen LogP contribution in [0.5, 0.6) is 5.75 Å². The van der Waals surface area contributed by atoms with Crippen LogP contribution in [0.15, 0.2) is 69.4 Å². The molecule has 1 N–H and O–H groups in total. The first-order chi connectivity index (χ1) is 14.8. The van der Waals surface area contributed by atoms with E-state index in [-0.39, 0.29) is 22.5 Å². The van der Waals surface area contributed by atoms with Gasteiger partial charge in [0.15, 0.2) is 0 Å². The van der Waals surface area contributed by atoms with Crippen LogP contribution in [-0.2, 0) is 14.4 Å². The molecule has 0 atom stereocenters. The van der Waals surface area contributed by atoms with Crippen LogP contribution >= 0.6 is 0 Å². The number of hydrogen-bond donors (Lipinski definition) is 1. The summed E-state index contributed by atoms with van der Waals surface area (Å²) in [6.45, 7) is 1.22. The fraction of sp³-hybridized carbons (Fsp3) is 0.0455. The number of nitrogens with zero attached hydrogens (tertiary/aromatic N) is 1. The predicted molar refractivity (Wildman–Crippen MR) is 108 cm³/mol. The Balaban J connectivity index is 1.69. The second kappa shape index (κ2) is 7.71. The summed E-state index contributed by atoms with van der Waals surface area (Å²) in [6, 6.07) is 14.1. The molecule has 31 heavy (non-hydrogen) atoms. The summed E-state index contributed by atoms with van der Waals surface area (Å²) < 4.78 is 10.2. The van der Waals surface area contributed by atoms with Crippen molar-refractivity contribution in [3.8, 4) is 5.75 Å². The highest BCUT2D eigenvalue weighted by Gasteiger charge is 2.39. The summed E-state index contributed by atoms with van der Waals surface area (Å²) in [7, 11) is 0. The van der Waals surface area contributed by atoms with Crippen molar-refractivity contribution in [2.75, 3.05) is 0 Å². The van der Waals surface area contributed by atoms with Gasteiger partial charge in [-0.1, -0.05) is 36.4 Å². The number of imide groups is 1. The molecule has 0 spiro atoms. The molecule has 3 amide bonds. The van der Waals surface area contributed by atoms with Crippen LogP contribution in [-0.4, -0.2) is 28.7 Å². The molecular formula is C22H14N2O7. The lowest BCUT2D eigenvalue weighted by Gasteiger charge is -2.12. The Hall–Kier alpha value is -4.53. The van der Waals surface area contributed by atoms with Crippen molar-refractivity contribution in [3.63, 3.8) is 0 Å². The standard InChI is InChI=1S/C22H14N2O7/c1-12(25)30-17-8-4-2-6-13(17)10-15-19(26)23-24(20(15)27)21(28)16-11-14-7-3-5-9-18(14)31-22(16)29/h2-11H,1H3,(H,23,26). The van der Waals surface area contributed by atoms with E-state index in [1.54, 1.807) is 36.4 Å². The van der Waals surface area contributed by atoms with Gasteiger partial charge in [0.25, 0.3) is 17.7 Å². The lowest BCUT2D eigenvalue weighted by molar-refractivity contribution is -0.132. The number of rotatable bonds is 3. The maximum atomic E-state index is 12.8. The van der Waals surface area contributed by atoms with Crippen LogP contribution in [0.2, 0.25) is 0 Å². The number of benzene rings is 2. The molecule has 2 heterocycles. The fourth-order valence-electron chi connectivity index (χ4n) is 3.03. The maximum absolute atomic E-state index is 12.8. The number of carbonyl (C=O) groups is 4. The monoisotopic (exact) mass is 418 g/mol. The number of hydrogen-bond acceptors (Lipinski definition) is 7. The van der Waals surface area contributed by atoms with E-state index in [9.17, 15) is 24.0 Å². The maximum Gasteiger partial charge on any atom is 0.349 e. The highest BCUT2D eigenvalue weighted by atomic mass is 16.5. The Labute approximate surface area is 174 Å². The molecule has 1 saturated heterocycles. The molecule has 1 aliphatic rings.